The topological polar surface area (TPSA) is 3.24 Å². The fourth-order valence-corrected chi connectivity index (χ4v) is 2.27. The Morgan fingerprint density at radius 1 is 1.23 bits per heavy atom. The van der Waals surface area contributed by atoms with Crippen LogP contribution in [0.3, 0.4) is 0 Å². The number of hydrogen-bond acceptors (Lipinski definition) is 1. The van der Waals surface area contributed by atoms with Crippen molar-refractivity contribution in [1.29, 1.82) is 0 Å². The molecular formula is C10H11BrClN. The van der Waals surface area contributed by atoms with E-state index in [0.29, 0.717) is 0 Å². The second-order valence-corrected chi connectivity index (χ2v) is 4.61. The van der Waals surface area contributed by atoms with Crippen LogP contribution >= 0.6 is 27.5 Å². The lowest BCUT2D eigenvalue weighted by Gasteiger charge is -2.19. The van der Waals surface area contributed by atoms with Crippen molar-refractivity contribution < 1.29 is 0 Å². The van der Waals surface area contributed by atoms with Crippen molar-refractivity contribution in [2.45, 2.75) is 12.8 Å². The third-order valence-electron chi connectivity index (χ3n) is 2.35. The highest BCUT2D eigenvalue weighted by Crippen LogP contribution is 2.31. The molecule has 0 amide bonds. The first-order valence-corrected chi connectivity index (χ1v) is 5.64. The number of benzene rings is 1. The first-order chi connectivity index (χ1) is 6.27. The van der Waals surface area contributed by atoms with Gasteiger partial charge in [-0.2, -0.15) is 0 Å². The fraction of sp³-hybridized carbons (Fsp3) is 0.400. The average Bonchev–Trinajstić information content (AvgIpc) is 2.61. The van der Waals surface area contributed by atoms with Gasteiger partial charge in [-0.05, 0) is 31.0 Å². The van der Waals surface area contributed by atoms with Crippen LogP contribution in [0.2, 0.25) is 5.02 Å². The van der Waals surface area contributed by atoms with Gasteiger partial charge in [-0.1, -0.05) is 27.5 Å². The van der Waals surface area contributed by atoms with Crippen molar-refractivity contribution in [2.24, 2.45) is 0 Å². The molecule has 0 spiro atoms. The number of rotatable bonds is 1. The molecule has 0 atom stereocenters. The van der Waals surface area contributed by atoms with Gasteiger partial charge < -0.3 is 4.90 Å². The van der Waals surface area contributed by atoms with Crippen LogP contribution in [0.4, 0.5) is 5.69 Å². The Kier molecular flexibility index (Phi) is 2.80. The first-order valence-electron chi connectivity index (χ1n) is 4.47. The van der Waals surface area contributed by atoms with Gasteiger partial charge >= 0.3 is 0 Å². The van der Waals surface area contributed by atoms with Gasteiger partial charge in [0.25, 0.3) is 0 Å². The highest BCUT2D eigenvalue weighted by Gasteiger charge is 2.14. The van der Waals surface area contributed by atoms with E-state index in [0.717, 1.165) is 28.3 Å². The third kappa shape index (κ3) is 2.00. The van der Waals surface area contributed by atoms with Crippen LogP contribution in [-0.4, -0.2) is 13.1 Å². The summed E-state index contributed by atoms with van der Waals surface area (Å²) in [5.74, 6) is 0. The van der Waals surface area contributed by atoms with Gasteiger partial charge in [0.15, 0.2) is 0 Å². The molecule has 2 rings (SSSR count). The maximum absolute atomic E-state index is 6.11. The molecule has 0 saturated carbocycles. The molecule has 1 saturated heterocycles. The van der Waals surface area contributed by atoms with Gasteiger partial charge in [-0.3, -0.25) is 0 Å². The molecule has 1 fully saturated rings. The van der Waals surface area contributed by atoms with E-state index in [1.165, 1.54) is 12.8 Å². The lowest BCUT2D eigenvalue weighted by atomic mass is 10.3. The van der Waals surface area contributed by atoms with E-state index < -0.39 is 0 Å². The van der Waals surface area contributed by atoms with Gasteiger partial charge in [0, 0.05) is 17.6 Å². The number of nitrogens with zero attached hydrogens (tertiary/aromatic N) is 1. The summed E-state index contributed by atoms with van der Waals surface area (Å²) < 4.78 is 1.10. The first kappa shape index (κ1) is 9.35. The molecule has 3 heteroatoms. The lowest BCUT2D eigenvalue weighted by Crippen LogP contribution is -2.17. The molecule has 1 aliphatic heterocycles. The van der Waals surface area contributed by atoms with Crippen molar-refractivity contribution in [3.05, 3.63) is 27.7 Å². The van der Waals surface area contributed by atoms with Gasteiger partial charge in [-0.25, -0.2) is 0 Å². The summed E-state index contributed by atoms with van der Waals surface area (Å²) in [4.78, 5) is 2.34. The minimum atomic E-state index is 0.852. The summed E-state index contributed by atoms with van der Waals surface area (Å²) in [5, 5.41) is 0.852. The summed E-state index contributed by atoms with van der Waals surface area (Å²) in [6, 6.07) is 6.01. The van der Waals surface area contributed by atoms with Gasteiger partial charge in [0.1, 0.15) is 0 Å². The molecule has 1 aromatic carbocycles. The SMILES string of the molecule is Clc1ccc(Br)cc1N1CCCC1. The summed E-state index contributed by atoms with van der Waals surface area (Å²) in [7, 11) is 0. The van der Waals surface area contributed by atoms with Crippen LogP contribution in [0.5, 0.6) is 0 Å². The smallest absolute Gasteiger partial charge is 0.0640 e. The van der Waals surface area contributed by atoms with Gasteiger partial charge in [-0.15, -0.1) is 0 Å². The molecule has 1 aliphatic rings. The zero-order valence-corrected chi connectivity index (χ0v) is 9.61. The van der Waals surface area contributed by atoms with E-state index in [2.05, 4.69) is 26.9 Å². The monoisotopic (exact) mass is 259 g/mol. The third-order valence-corrected chi connectivity index (χ3v) is 3.17. The molecule has 70 valence electrons. The Hall–Kier alpha value is -0.210. The Labute approximate surface area is 91.8 Å². The van der Waals surface area contributed by atoms with Gasteiger partial charge in [0.2, 0.25) is 0 Å². The Bertz CT molecular complexity index is 308. The van der Waals surface area contributed by atoms with E-state index >= 15 is 0 Å². The molecule has 0 unspecified atom stereocenters. The van der Waals surface area contributed by atoms with Crippen LogP contribution in [0, 0.1) is 0 Å². The van der Waals surface area contributed by atoms with Crippen LogP contribution in [0.15, 0.2) is 22.7 Å². The number of halogens is 2. The molecule has 0 aliphatic carbocycles. The maximum Gasteiger partial charge on any atom is 0.0640 e. The van der Waals surface area contributed by atoms with Crippen LogP contribution in [0.25, 0.3) is 0 Å². The second kappa shape index (κ2) is 3.89. The largest absolute Gasteiger partial charge is 0.370 e. The van der Waals surface area contributed by atoms with Crippen molar-refractivity contribution in [2.75, 3.05) is 18.0 Å². The summed E-state index contributed by atoms with van der Waals surface area (Å²) >= 11 is 9.57. The van der Waals surface area contributed by atoms with E-state index in [4.69, 9.17) is 11.6 Å². The van der Waals surface area contributed by atoms with E-state index in [1.807, 2.05) is 12.1 Å². The Morgan fingerprint density at radius 3 is 2.62 bits per heavy atom. The Balaban J connectivity index is 2.32. The molecule has 1 aromatic rings. The molecule has 0 bridgehead atoms. The standard InChI is InChI=1S/C10H11BrClN/c11-8-3-4-9(12)10(7-8)13-5-1-2-6-13/h3-4,7H,1-2,5-6H2. The highest BCUT2D eigenvalue weighted by molar-refractivity contribution is 9.10. The normalized spacial score (nSPS) is 16.6. The van der Waals surface area contributed by atoms with Crippen molar-refractivity contribution in [3.63, 3.8) is 0 Å². The van der Waals surface area contributed by atoms with Crippen LogP contribution in [0.1, 0.15) is 12.8 Å². The van der Waals surface area contributed by atoms with Crippen molar-refractivity contribution >= 4 is 33.2 Å². The zero-order chi connectivity index (χ0) is 9.26. The molecule has 1 nitrogen and oxygen atoms in total. The average molecular weight is 261 g/mol. The molecular weight excluding hydrogens is 249 g/mol. The van der Waals surface area contributed by atoms with Crippen molar-refractivity contribution in [3.8, 4) is 0 Å². The summed E-state index contributed by atoms with van der Waals surface area (Å²) in [5.41, 5.74) is 1.16. The summed E-state index contributed by atoms with van der Waals surface area (Å²) in [6.45, 7) is 2.27. The Morgan fingerprint density at radius 2 is 1.92 bits per heavy atom. The van der Waals surface area contributed by atoms with Crippen LogP contribution in [-0.2, 0) is 0 Å². The molecule has 13 heavy (non-hydrogen) atoms. The van der Waals surface area contributed by atoms with Crippen LogP contribution < -0.4 is 4.90 Å². The highest BCUT2D eigenvalue weighted by atomic mass is 79.9. The quantitative estimate of drug-likeness (QED) is 0.744. The molecule has 0 aromatic heterocycles. The lowest BCUT2D eigenvalue weighted by molar-refractivity contribution is 0.949. The second-order valence-electron chi connectivity index (χ2n) is 3.29. The maximum atomic E-state index is 6.11. The zero-order valence-electron chi connectivity index (χ0n) is 7.26. The molecule has 1 heterocycles. The van der Waals surface area contributed by atoms with E-state index in [-0.39, 0.29) is 0 Å². The van der Waals surface area contributed by atoms with Crippen molar-refractivity contribution in [1.82, 2.24) is 0 Å². The predicted octanol–water partition coefficient (Wildman–Crippen LogP) is 3.70. The summed E-state index contributed by atoms with van der Waals surface area (Å²) in [6.07, 6.45) is 2.56. The minimum absolute atomic E-state index is 0.852. The van der Waals surface area contributed by atoms with E-state index in [1.54, 1.807) is 0 Å². The van der Waals surface area contributed by atoms with E-state index in [9.17, 15) is 0 Å². The number of anilines is 1. The number of hydrogen-bond donors (Lipinski definition) is 0. The molecule has 0 N–H and O–H groups in total. The van der Waals surface area contributed by atoms with Gasteiger partial charge in [0.05, 0.1) is 10.7 Å². The predicted molar refractivity (Wildman–Crippen MR) is 60.6 cm³/mol. The minimum Gasteiger partial charge on any atom is -0.370 e. The molecule has 0 radical (unpaired) electrons. The fourth-order valence-electron chi connectivity index (χ4n) is 1.69.